The first-order chi connectivity index (χ1) is 8.61. The van der Waals surface area contributed by atoms with E-state index in [-0.39, 0.29) is 6.61 Å². The van der Waals surface area contributed by atoms with Gasteiger partial charge in [0, 0.05) is 17.3 Å². The maximum Gasteiger partial charge on any atom is 0.111 e. The SMILES string of the molecule is OC[C@H]1O[C@H](CNc2cccc(Cl)c2)[C@@H](O)[C@@H]1O. The molecule has 0 saturated carbocycles. The van der Waals surface area contributed by atoms with E-state index in [1.165, 1.54) is 0 Å². The predicted molar refractivity (Wildman–Crippen MR) is 67.7 cm³/mol. The van der Waals surface area contributed by atoms with E-state index >= 15 is 0 Å². The van der Waals surface area contributed by atoms with Gasteiger partial charge in [0.15, 0.2) is 0 Å². The van der Waals surface area contributed by atoms with Crippen molar-refractivity contribution < 1.29 is 20.1 Å². The second kappa shape index (κ2) is 5.86. The molecule has 0 bridgehead atoms. The van der Waals surface area contributed by atoms with Gasteiger partial charge >= 0.3 is 0 Å². The molecule has 0 radical (unpaired) electrons. The van der Waals surface area contributed by atoms with Crippen LogP contribution in [-0.4, -0.2) is 52.9 Å². The summed E-state index contributed by atoms with van der Waals surface area (Å²) in [5.74, 6) is 0. The van der Waals surface area contributed by atoms with E-state index in [4.69, 9.17) is 21.4 Å². The molecule has 1 aromatic rings. The molecule has 1 aliphatic rings. The highest BCUT2D eigenvalue weighted by Crippen LogP contribution is 2.22. The minimum absolute atomic E-state index is 0.314. The molecule has 1 fully saturated rings. The van der Waals surface area contributed by atoms with Crippen molar-refractivity contribution in [1.82, 2.24) is 0 Å². The fraction of sp³-hybridized carbons (Fsp3) is 0.500. The second-order valence-electron chi connectivity index (χ2n) is 4.27. The molecule has 18 heavy (non-hydrogen) atoms. The van der Waals surface area contributed by atoms with Crippen molar-refractivity contribution in [3.8, 4) is 0 Å². The Morgan fingerprint density at radius 2 is 1.94 bits per heavy atom. The zero-order valence-electron chi connectivity index (χ0n) is 9.66. The maximum absolute atomic E-state index is 9.74. The van der Waals surface area contributed by atoms with Gasteiger partial charge in [0.25, 0.3) is 0 Å². The third kappa shape index (κ3) is 2.93. The van der Waals surface area contributed by atoms with Crippen LogP contribution in [0, 0.1) is 0 Å². The van der Waals surface area contributed by atoms with Crippen LogP contribution in [0.1, 0.15) is 0 Å². The number of aliphatic hydroxyl groups is 3. The lowest BCUT2D eigenvalue weighted by Crippen LogP contribution is -2.36. The first-order valence-corrected chi connectivity index (χ1v) is 6.11. The highest BCUT2D eigenvalue weighted by molar-refractivity contribution is 6.30. The van der Waals surface area contributed by atoms with Crippen LogP contribution >= 0.6 is 11.6 Å². The Balaban J connectivity index is 1.91. The van der Waals surface area contributed by atoms with Gasteiger partial charge in [-0.3, -0.25) is 0 Å². The lowest BCUT2D eigenvalue weighted by Gasteiger charge is -2.16. The fourth-order valence-electron chi connectivity index (χ4n) is 1.96. The van der Waals surface area contributed by atoms with Gasteiger partial charge in [-0.05, 0) is 18.2 Å². The lowest BCUT2D eigenvalue weighted by molar-refractivity contribution is -0.0184. The first kappa shape index (κ1) is 13.6. The van der Waals surface area contributed by atoms with E-state index in [9.17, 15) is 10.2 Å². The summed E-state index contributed by atoms with van der Waals surface area (Å²) in [5, 5.41) is 32.0. The van der Waals surface area contributed by atoms with E-state index < -0.39 is 24.4 Å². The van der Waals surface area contributed by atoms with Gasteiger partial charge in [-0.2, -0.15) is 0 Å². The quantitative estimate of drug-likeness (QED) is 0.632. The third-order valence-electron chi connectivity index (χ3n) is 2.97. The number of hydrogen-bond donors (Lipinski definition) is 4. The van der Waals surface area contributed by atoms with Crippen molar-refractivity contribution in [3.05, 3.63) is 29.3 Å². The minimum atomic E-state index is -1.05. The smallest absolute Gasteiger partial charge is 0.111 e. The summed E-state index contributed by atoms with van der Waals surface area (Å²) < 4.78 is 5.34. The number of ether oxygens (including phenoxy) is 1. The topological polar surface area (TPSA) is 82.0 Å². The predicted octanol–water partition coefficient (Wildman–Crippen LogP) is 0.233. The summed E-state index contributed by atoms with van der Waals surface area (Å²) in [5.41, 5.74) is 0.806. The highest BCUT2D eigenvalue weighted by Gasteiger charge is 2.41. The van der Waals surface area contributed by atoms with Crippen LogP contribution in [0.3, 0.4) is 0 Å². The third-order valence-corrected chi connectivity index (χ3v) is 3.21. The van der Waals surface area contributed by atoms with E-state index in [0.717, 1.165) is 5.69 Å². The fourth-order valence-corrected chi connectivity index (χ4v) is 2.15. The number of rotatable bonds is 4. The van der Waals surface area contributed by atoms with Crippen LogP contribution in [0.2, 0.25) is 5.02 Å². The molecule has 0 spiro atoms. The molecule has 1 aromatic carbocycles. The molecule has 1 heterocycles. The van der Waals surface area contributed by atoms with Crippen molar-refractivity contribution in [2.24, 2.45) is 0 Å². The number of aliphatic hydroxyl groups excluding tert-OH is 3. The van der Waals surface area contributed by atoms with E-state index in [1.807, 2.05) is 12.1 Å². The minimum Gasteiger partial charge on any atom is -0.394 e. The number of anilines is 1. The van der Waals surface area contributed by atoms with Gasteiger partial charge in [-0.25, -0.2) is 0 Å². The van der Waals surface area contributed by atoms with Crippen molar-refractivity contribution in [1.29, 1.82) is 0 Å². The number of hydrogen-bond acceptors (Lipinski definition) is 5. The Hall–Kier alpha value is -0.850. The zero-order chi connectivity index (χ0) is 13.1. The largest absolute Gasteiger partial charge is 0.394 e. The Bertz CT molecular complexity index is 403. The average Bonchev–Trinajstić information content (AvgIpc) is 2.64. The van der Waals surface area contributed by atoms with Crippen molar-refractivity contribution in [2.45, 2.75) is 24.4 Å². The van der Waals surface area contributed by atoms with Crippen LogP contribution in [-0.2, 0) is 4.74 Å². The molecule has 4 atom stereocenters. The van der Waals surface area contributed by atoms with Crippen LogP contribution < -0.4 is 5.32 Å². The summed E-state index contributed by atoms with van der Waals surface area (Å²) in [6.07, 6.45) is -3.35. The van der Waals surface area contributed by atoms with Crippen LogP contribution in [0.5, 0.6) is 0 Å². The van der Waals surface area contributed by atoms with Gasteiger partial charge in [0.2, 0.25) is 0 Å². The highest BCUT2D eigenvalue weighted by atomic mass is 35.5. The van der Waals surface area contributed by atoms with Crippen molar-refractivity contribution in [2.75, 3.05) is 18.5 Å². The Labute approximate surface area is 110 Å². The van der Waals surface area contributed by atoms with Crippen LogP contribution in [0.25, 0.3) is 0 Å². The molecule has 2 rings (SSSR count). The molecule has 0 amide bonds. The first-order valence-electron chi connectivity index (χ1n) is 5.73. The lowest BCUT2D eigenvalue weighted by atomic mass is 10.1. The van der Waals surface area contributed by atoms with E-state index in [0.29, 0.717) is 11.6 Å². The van der Waals surface area contributed by atoms with Gasteiger partial charge < -0.3 is 25.4 Å². The van der Waals surface area contributed by atoms with Gasteiger partial charge in [-0.1, -0.05) is 17.7 Å². The average molecular weight is 274 g/mol. The van der Waals surface area contributed by atoms with Crippen molar-refractivity contribution >= 4 is 17.3 Å². The summed E-state index contributed by atoms with van der Waals surface area (Å²) >= 11 is 5.84. The Morgan fingerprint density at radius 3 is 2.56 bits per heavy atom. The molecular formula is C12H16ClNO4. The molecule has 4 N–H and O–H groups in total. The normalized spacial score (nSPS) is 31.6. The van der Waals surface area contributed by atoms with Gasteiger partial charge in [0.05, 0.1) is 6.61 Å². The molecule has 1 aliphatic heterocycles. The summed E-state index contributed by atoms with van der Waals surface area (Å²) in [4.78, 5) is 0. The zero-order valence-corrected chi connectivity index (χ0v) is 10.4. The maximum atomic E-state index is 9.74. The molecular weight excluding hydrogens is 258 g/mol. The van der Waals surface area contributed by atoms with E-state index in [2.05, 4.69) is 5.32 Å². The van der Waals surface area contributed by atoms with Crippen LogP contribution in [0.4, 0.5) is 5.69 Å². The summed E-state index contributed by atoms with van der Waals surface area (Å²) in [7, 11) is 0. The molecule has 0 aliphatic carbocycles. The molecule has 1 saturated heterocycles. The Kier molecular flexibility index (Phi) is 4.42. The van der Waals surface area contributed by atoms with Gasteiger partial charge in [0.1, 0.15) is 24.4 Å². The van der Waals surface area contributed by atoms with Crippen molar-refractivity contribution in [3.63, 3.8) is 0 Å². The molecule has 0 unspecified atom stereocenters. The summed E-state index contributed by atoms with van der Waals surface area (Å²) in [6, 6.07) is 7.16. The molecule has 6 heteroatoms. The molecule has 0 aromatic heterocycles. The number of benzene rings is 1. The molecule has 100 valence electrons. The van der Waals surface area contributed by atoms with Gasteiger partial charge in [-0.15, -0.1) is 0 Å². The second-order valence-corrected chi connectivity index (χ2v) is 4.70. The summed E-state index contributed by atoms with van der Waals surface area (Å²) in [6.45, 7) is 0.0148. The molecule has 5 nitrogen and oxygen atoms in total. The van der Waals surface area contributed by atoms with E-state index in [1.54, 1.807) is 12.1 Å². The monoisotopic (exact) mass is 273 g/mol. The number of halogens is 1. The Morgan fingerprint density at radius 1 is 1.22 bits per heavy atom. The number of nitrogens with one attached hydrogen (secondary N) is 1. The van der Waals surface area contributed by atoms with Crippen LogP contribution in [0.15, 0.2) is 24.3 Å². The standard InChI is InChI=1S/C12H16ClNO4/c13-7-2-1-3-8(4-7)14-5-9-11(16)12(17)10(6-15)18-9/h1-4,9-12,14-17H,5-6H2/t9-,10-,11-,12-/m1/s1.